The van der Waals surface area contributed by atoms with Gasteiger partial charge in [-0.2, -0.15) is 0 Å². The van der Waals surface area contributed by atoms with Crippen LogP contribution in [0, 0.1) is 5.92 Å². The highest BCUT2D eigenvalue weighted by Gasteiger charge is 2.62. The van der Waals surface area contributed by atoms with Crippen molar-refractivity contribution in [1.82, 2.24) is 25.2 Å². The summed E-state index contributed by atoms with van der Waals surface area (Å²) in [6, 6.07) is 14.8. The lowest BCUT2D eigenvalue weighted by molar-refractivity contribution is -0.141. The van der Waals surface area contributed by atoms with Gasteiger partial charge in [-0.15, -0.1) is 0 Å². The van der Waals surface area contributed by atoms with E-state index in [-0.39, 0.29) is 19.4 Å². The number of carbonyl (C=O) groups is 4. The summed E-state index contributed by atoms with van der Waals surface area (Å²) in [5, 5.41) is 5.73. The molecule has 0 spiro atoms. The Morgan fingerprint density at radius 1 is 1.00 bits per heavy atom. The Morgan fingerprint density at radius 2 is 1.77 bits per heavy atom. The zero-order valence-corrected chi connectivity index (χ0v) is 33.6. The number of rotatable bonds is 8. The predicted molar refractivity (Wildman–Crippen MR) is 213 cm³/mol. The van der Waals surface area contributed by atoms with Crippen LogP contribution in [0.5, 0.6) is 11.5 Å². The third kappa shape index (κ3) is 9.19. The standard InChI is InChI=1S/C42H51N5O9S/c1-41(2,3)56-40(51)44-32-16-12-7-5-6-11-15-27-24-42(27,39(50)46-57(52,53)30-18-19-30)45-37(48)35-22-29(25-47(35)38(32)49)55-36-23-33(26-13-9-8-10-14-26)43-34-21-28(54-4)17-20-31(34)36/h8-11,13-15,17,20-21,23,27,29-30,32,35H,5-7,12,16,18-19,22,24-25H2,1-4H3,(H,44,51)(H,45,48)(H,46,50)/t27-,29-,32+,35+,42-/m1/s1. The van der Waals surface area contributed by atoms with Crippen LogP contribution in [-0.4, -0.2) is 90.3 Å². The van der Waals surface area contributed by atoms with Gasteiger partial charge in [0.25, 0.3) is 5.91 Å². The number of hydrogen-bond acceptors (Lipinski definition) is 10. The van der Waals surface area contributed by atoms with Crippen molar-refractivity contribution in [2.24, 2.45) is 5.92 Å². The number of carbonyl (C=O) groups excluding carboxylic acids is 4. The molecule has 4 amide bonds. The molecule has 4 aliphatic rings. The lowest BCUT2D eigenvalue weighted by Crippen LogP contribution is -2.58. The number of nitrogens with one attached hydrogen (secondary N) is 3. The molecule has 1 saturated heterocycles. The number of pyridine rings is 1. The molecule has 2 aromatic carbocycles. The summed E-state index contributed by atoms with van der Waals surface area (Å²) in [4.78, 5) is 62.3. The molecular weight excluding hydrogens is 751 g/mol. The third-order valence-corrected chi connectivity index (χ3v) is 12.7. The Balaban J connectivity index is 1.23. The molecule has 0 unspecified atom stereocenters. The van der Waals surface area contributed by atoms with Crippen molar-refractivity contribution in [1.29, 1.82) is 0 Å². The summed E-state index contributed by atoms with van der Waals surface area (Å²) in [5.41, 5.74) is -0.195. The van der Waals surface area contributed by atoms with Crippen molar-refractivity contribution in [2.45, 2.75) is 113 Å². The van der Waals surface area contributed by atoms with Crippen molar-refractivity contribution in [3.63, 3.8) is 0 Å². The molecule has 7 rings (SSSR count). The van der Waals surface area contributed by atoms with Crippen molar-refractivity contribution >= 4 is 44.7 Å². The maximum Gasteiger partial charge on any atom is 0.408 e. The SMILES string of the molecule is COc1ccc2c(O[C@@H]3C[C@H]4C(=O)N[C@]5(C(=O)NS(=O)(=O)C6CC6)C[C@H]5C=CCCCCC[C@H](NC(=O)OC(C)(C)C)C(=O)N4C3)cc(-c3ccccc3)nc2c1. The molecule has 14 nitrogen and oxygen atoms in total. The van der Waals surface area contributed by atoms with Gasteiger partial charge < -0.3 is 29.7 Å². The van der Waals surface area contributed by atoms with Gasteiger partial charge in [0.15, 0.2) is 0 Å². The second-order valence-corrected chi connectivity index (χ2v) is 18.4. The van der Waals surface area contributed by atoms with E-state index in [1.165, 1.54) is 4.90 Å². The minimum absolute atomic E-state index is 0.0113. The molecule has 2 aliphatic heterocycles. The summed E-state index contributed by atoms with van der Waals surface area (Å²) in [6.45, 7) is 5.19. The van der Waals surface area contributed by atoms with Gasteiger partial charge in [-0.1, -0.05) is 55.3 Å². The van der Waals surface area contributed by atoms with Crippen LogP contribution >= 0.6 is 0 Å². The van der Waals surface area contributed by atoms with E-state index in [9.17, 15) is 27.6 Å². The first-order chi connectivity index (χ1) is 27.2. The summed E-state index contributed by atoms with van der Waals surface area (Å²) >= 11 is 0. The first-order valence-corrected chi connectivity index (χ1v) is 21.3. The van der Waals surface area contributed by atoms with Gasteiger partial charge in [-0.25, -0.2) is 18.2 Å². The number of allylic oxidation sites excluding steroid dienone is 1. The van der Waals surface area contributed by atoms with Crippen molar-refractivity contribution in [3.8, 4) is 22.8 Å². The predicted octanol–water partition coefficient (Wildman–Crippen LogP) is 5.16. The van der Waals surface area contributed by atoms with Crippen LogP contribution in [0.3, 0.4) is 0 Å². The number of sulfonamides is 1. The van der Waals surface area contributed by atoms with E-state index >= 15 is 0 Å². The zero-order valence-electron chi connectivity index (χ0n) is 32.8. The van der Waals surface area contributed by atoms with Crippen molar-refractivity contribution < 1.29 is 41.8 Å². The number of aromatic nitrogens is 1. The largest absolute Gasteiger partial charge is 0.497 e. The second-order valence-electron chi connectivity index (χ2n) is 16.4. The number of ether oxygens (including phenoxy) is 3. The molecular formula is C42H51N5O9S. The van der Waals surface area contributed by atoms with Gasteiger partial charge >= 0.3 is 6.09 Å². The van der Waals surface area contributed by atoms with E-state index in [1.54, 1.807) is 33.9 Å². The van der Waals surface area contributed by atoms with E-state index in [4.69, 9.17) is 19.2 Å². The van der Waals surface area contributed by atoms with E-state index in [2.05, 4.69) is 15.4 Å². The van der Waals surface area contributed by atoms with Crippen molar-refractivity contribution in [3.05, 3.63) is 66.7 Å². The van der Waals surface area contributed by atoms with Crippen LogP contribution in [0.2, 0.25) is 0 Å². The molecule has 2 aliphatic carbocycles. The molecule has 15 heteroatoms. The fourth-order valence-corrected chi connectivity index (χ4v) is 9.00. The zero-order chi connectivity index (χ0) is 40.5. The summed E-state index contributed by atoms with van der Waals surface area (Å²) < 4.78 is 45.8. The van der Waals surface area contributed by atoms with E-state index < -0.39 is 74.3 Å². The number of amides is 4. The number of hydrogen-bond donors (Lipinski definition) is 3. The fraction of sp³-hybridized carbons (Fsp3) is 0.500. The first-order valence-electron chi connectivity index (χ1n) is 19.7. The number of fused-ring (bicyclic) bond motifs is 3. The van der Waals surface area contributed by atoms with Crippen LogP contribution in [0.4, 0.5) is 4.79 Å². The second kappa shape index (κ2) is 16.0. The molecule has 3 aromatic rings. The monoisotopic (exact) mass is 801 g/mol. The highest BCUT2D eigenvalue weighted by atomic mass is 32.2. The van der Waals surface area contributed by atoms with Gasteiger partial charge in [0.2, 0.25) is 21.8 Å². The minimum atomic E-state index is -3.90. The molecule has 2 saturated carbocycles. The van der Waals surface area contributed by atoms with Crippen LogP contribution in [0.1, 0.15) is 78.6 Å². The van der Waals surface area contributed by atoms with Crippen LogP contribution in [0.25, 0.3) is 22.2 Å². The van der Waals surface area contributed by atoms with Gasteiger partial charge in [0.05, 0.1) is 30.1 Å². The summed E-state index contributed by atoms with van der Waals surface area (Å²) in [5.74, 6) is -1.24. The normalized spacial score (nSPS) is 25.6. The van der Waals surface area contributed by atoms with Crippen LogP contribution in [0.15, 0.2) is 66.7 Å². The number of nitrogens with zero attached hydrogens (tertiary/aromatic N) is 2. The van der Waals surface area contributed by atoms with E-state index in [1.807, 2.05) is 60.7 Å². The molecule has 0 bridgehead atoms. The van der Waals surface area contributed by atoms with Crippen LogP contribution in [-0.2, 0) is 29.1 Å². The number of methoxy groups -OCH3 is 1. The molecule has 3 N–H and O–H groups in total. The lowest BCUT2D eigenvalue weighted by Gasteiger charge is -2.30. The number of alkyl carbamates (subject to hydrolysis) is 1. The summed E-state index contributed by atoms with van der Waals surface area (Å²) in [6.07, 6.45) is 6.73. The van der Waals surface area contributed by atoms with E-state index in [0.717, 1.165) is 18.4 Å². The smallest absolute Gasteiger partial charge is 0.408 e. The van der Waals surface area contributed by atoms with Gasteiger partial charge in [-0.05, 0) is 71.4 Å². The molecule has 3 heterocycles. The maximum atomic E-state index is 14.6. The average molecular weight is 802 g/mol. The molecule has 57 heavy (non-hydrogen) atoms. The third-order valence-electron chi connectivity index (χ3n) is 10.9. The molecule has 3 fully saturated rings. The maximum absolute atomic E-state index is 14.6. The Morgan fingerprint density at radius 3 is 2.49 bits per heavy atom. The Hall–Kier alpha value is -5.18. The van der Waals surface area contributed by atoms with Crippen LogP contribution < -0.4 is 24.8 Å². The van der Waals surface area contributed by atoms with Gasteiger partial charge in [-0.3, -0.25) is 19.1 Å². The van der Waals surface area contributed by atoms with E-state index in [0.29, 0.717) is 60.2 Å². The lowest BCUT2D eigenvalue weighted by atomic mass is 10.0. The Labute approximate surface area is 333 Å². The quantitative estimate of drug-likeness (QED) is 0.258. The Kier molecular flexibility index (Phi) is 11.2. The summed E-state index contributed by atoms with van der Waals surface area (Å²) in [7, 11) is -2.33. The van der Waals surface area contributed by atoms with Gasteiger partial charge in [0.1, 0.15) is 40.8 Å². The minimum Gasteiger partial charge on any atom is -0.497 e. The highest BCUT2D eigenvalue weighted by Crippen LogP contribution is 2.46. The average Bonchev–Trinajstić information content (AvgIpc) is 4.09. The molecule has 1 aromatic heterocycles. The highest BCUT2D eigenvalue weighted by molar-refractivity contribution is 7.91. The number of benzene rings is 2. The molecule has 5 atom stereocenters. The first kappa shape index (κ1) is 40.0. The molecule has 0 radical (unpaired) electrons. The van der Waals surface area contributed by atoms with Crippen molar-refractivity contribution in [2.75, 3.05) is 13.7 Å². The topological polar surface area (TPSA) is 182 Å². The fourth-order valence-electron chi connectivity index (χ4n) is 7.63. The Bertz CT molecular complexity index is 2170. The van der Waals surface area contributed by atoms with Gasteiger partial charge in [0, 0.05) is 35.4 Å². The molecule has 304 valence electrons.